The molecule has 0 fully saturated rings. The Kier molecular flexibility index (Phi) is 3.63. The van der Waals surface area contributed by atoms with Crippen molar-refractivity contribution in [2.75, 3.05) is 0 Å². The normalized spacial score (nSPS) is 11.4. The number of pyridine rings is 1. The number of para-hydroxylation sites is 2. The lowest BCUT2D eigenvalue weighted by molar-refractivity contribution is 0.0929. The Labute approximate surface area is 141 Å². The molecule has 0 spiro atoms. The summed E-state index contributed by atoms with van der Waals surface area (Å²) in [5.74, 6) is -0.324. The number of hydrazone groups is 1. The summed E-state index contributed by atoms with van der Waals surface area (Å²) in [6.45, 7) is 0. The topological polar surface area (TPSA) is 87.5 Å². The lowest BCUT2D eigenvalue weighted by Gasteiger charge is -1.99. The SMILES string of the molecule is O=C(N/N=C/c1cc2ccccc2[nH]c1=O)c1cc2ccccc2o1. The lowest BCUT2D eigenvalue weighted by Crippen LogP contribution is -2.18. The molecule has 0 unspecified atom stereocenters. The molecule has 2 heterocycles. The van der Waals surface area contributed by atoms with Crippen molar-refractivity contribution in [2.45, 2.75) is 0 Å². The zero-order valence-electron chi connectivity index (χ0n) is 13.0. The van der Waals surface area contributed by atoms with Crippen molar-refractivity contribution in [3.63, 3.8) is 0 Å². The number of amides is 1. The fraction of sp³-hybridized carbons (Fsp3) is 0. The van der Waals surface area contributed by atoms with Crippen LogP contribution in [0.1, 0.15) is 16.1 Å². The summed E-state index contributed by atoms with van der Waals surface area (Å²) in [6.07, 6.45) is 1.31. The average Bonchev–Trinajstić information content (AvgIpc) is 3.06. The molecule has 122 valence electrons. The number of rotatable bonds is 3. The van der Waals surface area contributed by atoms with Crippen molar-refractivity contribution in [1.29, 1.82) is 0 Å². The number of nitrogens with zero attached hydrogens (tertiary/aromatic N) is 1. The molecule has 0 radical (unpaired) electrons. The van der Waals surface area contributed by atoms with Crippen LogP contribution in [0.4, 0.5) is 0 Å². The van der Waals surface area contributed by atoms with E-state index in [9.17, 15) is 9.59 Å². The molecule has 1 amide bonds. The summed E-state index contributed by atoms with van der Waals surface area (Å²) >= 11 is 0. The van der Waals surface area contributed by atoms with Crippen LogP contribution in [0.3, 0.4) is 0 Å². The van der Waals surface area contributed by atoms with Crippen LogP contribution in [0.5, 0.6) is 0 Å². The molecule has 6 nitrogen and oxygen atoms in total. The number of furan rings is 1. The van der Waals surface area contributed by atoms with Gasteiger partial charge >= 0.3 is 5.91 Å². The van der Waals surface area contributed by atoms with Crippen molar-refractivity contribution in [3.05, 3.63) is 82.3 Å². The molecule has 0 aliphatic carbocycles. The first kappa shape index (κ1) is 14.9. The number of hydrogen-bond donors (Lipinski definition) is 2. The van der Waals surface area contributed by atoms with Crippen molar-refractivity contribution in [3.8, 4) is 0 Å². The molecule has 2 aromatic heterocycles. The van der Waals surface area contributed by atoms with Gasteiger partial charge in [0.05, 0.1) is 11.8 Å². The van der Waals surface area contributed by atoms with Gasteiger partial charge in [0.1, 0.15) is 5.58 Å². The van der Waals surface area contributed by atoms with Crippen LogP contribution in [-0.2, 0) is 0 Å². The van der Waals surface area contributed by atoms with Crippen molar-refractivity contribution < 1.29 is 9.21 Å². The first-order valence-corrected chi connectivity index (χ1v) is 7.65. The van der Waals surface area contributed by atoms with E-state index in [0.717, 1.165) is 16.3 Å². The van der Waals surface area contributed by atoms with E-state index >= 15 is 0 Å². The van der Waals surface area contributed by atoms with Crippen molar-refractivity contribution in [1.82, 2.24) is 10.4 Å². The third-order valence-corrected chi connectivity index (χ3v) is 3.80. The number of aromatic nitrogens is 1. The predicted octanol–water partition coefficient (Wildman–Crippen LogP) is 3.04. The largest absolute Gasteiger partial charge is 0.451 e. The van der Waals surface area contributed by atoms with Gasteiger partial charge in [-0.3, -0.25) is 9.59 Å². The summed E-state index contributed by atoms with van der Waals surface area (Å²) < 4.78 is 5.46. The van der Waals surface area contributed by atoms with Crippen molar-refractivity contribution in [2.24, 2.45) is 5.10 Å². The number of aromatic amines is 1. The highest BCUT2D eigenvalue weighted by molar-refractivity contribution is 5.96. The predicted molar refractivity (Wildman–Crippen MR) is 95.8 cm³/mol. The van der Waals surface area contributed by atoms with E-state index < -0.39 is 5.91 Å². The molecular weight excluding hydrogens is 318 g/mol. The third-order valence-electron chi connectivity index (χ3n) is 3.80. The molecule has 4 rings (SSSR count). The summed E-state index contributed by atoms with van der Waals surface area (Å²) in [4.78, 5) is 26.9. The first-order valence-electron chi connectivity index (χ1n) is 7.65. The van der Waals surface area contributed by atoms with E-state index in [1.54, 1.807) is 18.2 Å². The first-order chi connectivity index (χ1) is 12.2. The van der Waals surface area contributed by atoms with E-state index in [1.807, 2.05) is 42.5 Å². The van der Waals surface area contributed by atoms with Crippen LogP contribution in [0.2, 0.25) is 0 Å². The Morgan fingerprint density at radius 2 is 1.80 bits per heavy atom. The number of fused-ring (bicyclic) bond motifs is 2. The number of benzene rings is 2. The second-order valence-corrected chi connectivity index (χ2v) is 5.49. The molecular formula is C19H13N3O3. The minimum atomic E-state index is -0.482. The molecule has 2 N–H and O–H groups in total. The van der Waals surface area contributed by atoms with Gasteiger partial charge in [-0.25, -0.2) is 5.43 Å². The van der Waals surface area contributed by atoms with Gasteiger partial charge in [0.25, 0.3) is 5.56 Å². The van der Waals surface area contributed by atoms with E-state index in [0.29, 0.717) is 11.1 Å². The lowest BCUT2D eigenvalue weighted by atomic mass is 10.2. The minimum absolute atomic E-state index is 0.158. The van der Waals surface area contributed by atoms with Gasteiger partial charge in [-0.2, -0.15) is 5.10 Å². The molecule has 0 saturated carbocycles. The maximum atomic E-state index is 12.1. The summed E-state index contributed by atoms with van der Waals surface area (Å²) in [6, 6.07) is 18.1. The van der Waals surface area contributed by atoms with Gasteiger partial charge in [-0.15, -0.1) is 0 Å². The van der Waals surface area contributed by atoms with Crippen LogP contribution in [0.15, 0.2) is 75.0 Å². The Morgan fingerprint density at radius 3 is 2.64 bits per heavy atom. The van der Waals surface area contributed by atoms with Gasteiger partial charge in [0.2, 0.25) is 0 Å². The number of carbonyl (C=O) groups is 1. The second kappa shape index (κ2) is 6.09. The molecule has 0 bridgehead atoms. The molecule has 0 aliphatic rings. The Hall–Kier alpha value is -3.67. The Bertz CT molecular complexity index is 1140. The smallest absolute Gasteiger partial charge is 0.307 e. The van der Waals surface area contributed by atoms with Gasteiger partial charge in [0.15, 0.2) is 5.76 Å². The van der Waals surface area contributed by atoms with Crippen LogP contribution < -0.4 is 11.0 Å². The van der Waals surface area contributed by atoms with E-state index in [4.69, 9.17) is 4.42 Å². The maximum absolute atomic E-state index is 12.1. The average molecular weight is 331 g/mol. The highest BCUT2D eigenvalue weighted by Crippen LogP contribution is 2.18. The van der Waals surface area contributed by atoms with Crippen LogP contribution >= 0.6 is 0 Å². The molecule has 25 heavy (non-hydrogen) atoms. The van der Waals surface area contributed by atoms with E-state index in [-0.39, 0.29) is 11.3 Å². The number of carbonyl (C=O) groups excluding carboxylic acids is 1. The van der Waals surface area contributed by atoms with Gasteiger partial charge < -0.3 is 9.40 Å². The monoisotopic (exact) mass is 331 g/mol. The fourth-order valence-corrected chi connectivity index (χ4v) is 2.57. The zero-order valence-corrected chi connectivity index (χ0v) is 13.0. The summed E-state index contributed by atoms with van der Waals surface area (Å²) in [5.41, 5.74) is 3.81. The zero-order chi connectivity index (χ0) is 17.2. The van der Waals surface area contributed by atoms with Crippen LogP contribution in [-0.4, -0.2) is 17.1 Å². The number of H-pyrrole nitrogens is 1. The van der Waals surface area contributed by atoms with E-state index in [1.165, 1.54) is 6.21 Å². The standard InChI is InChI=1S/C19H13N3O3/c23-18-14(9-12-5-1-3-7-15(12)21-18)11-20-22-19(24)17-10-13-6-2-4-8-16(13)25-17/h1-11H,(H,21,23)(H,22,24)/b20-11+. The summed E-state index contributed by atoms with van der Waals surface area (Å²) in [7, 11) is 0. The van der Waals surface area contributed by atoms with E-state index in [2.05, 4.69) is 15.5 Å². The van der Waals surface area contributed by atoms with Gasteiger partial charge in [-0.05, 0) is 29.7 Å². The van der Waals surface area contributed by atoms with Gasteiger partial charge in [-0.1, -0.05) is 36.4 Å². The number of nitrogens with one attached hydrogen (secondary N) is 2. The van der Waals surface area contributed by atoms with Crippen LogP contribution in [0.25, 0.3) is 21.9 Å². The molecule has 2 aromatic carbocycles. The molecule has 4 aromatic rings. The van der Waals surface area contributed by atoms with Crippen LogP contribution in [0, 0.1) is 0 Å². The highest BCUT2D eigenvalue weighted by Gasteiger charge is 2.11. The molecule has 0 atom stereocenters. The molecule has 6 heteroatoms. The number of hydrogen-bond acceptors (Lipinski definition) is 4. The third kappa shape index (κ3) is 2.92. The Morgan fingerprint density at radius 1 is 1.04 bits per heavy atom. The summed E-state index contributed by atoms with van der Waals surface area (Å²) in [5, 5.41) is 5.57. The fourth-order valence-electron chi connectivity index (χ4n) is 2.57. The quantitative estimate of drug-likeness (QED) is 0.447. The Balaban J connectivity index is 1.55. The van der Waals surface area contributed by atoms with Gasteiger partial charge in [0, 0.05) is 10.9 Å². The maximum Gasteiger partial charge on any atom is 0.307 e. The molecule has 0 saturated heterocycles. The minimum Gasteiger partial charge on any atom is -0.451 e. The molecule has 0 aliphatic heterocycles. The highest BCUT2D eigenvalue weighted by atomic mass is 16.3. The van der Waals surface area contributed by atoms with Crippen molar-refractivity contribution >= 4 is 34.0 Å². The second-order valence-electron chi connectivity index (χ2n) is 5.49.